The van der Waals surface area contributed by atoms with Crippen LogP contribution in [-0.4, -0.2) is 48.0 Å². The first-order valence-electron chi connectivity index (χ1n) is 16.8. The SMILES string of the molecule is CC(=O)N[C@H](C)[C@H](C/C=C\C/C=C\C/C=C\C/C=C\C/C=C\C/C=C\CCCCCC[C@H](OC(C)=O)[C@@H](C)NC(C)=O)OC(C)=O. The number of carbonyl (C=O) groups is 4. The Morgan fingerprint density at radius 3 is 1.30 bits per heavy atom. The van der Waals surface area contributed by atoms with Crippen LogP contribution < -0.4 is 10.6 Å². The Morgan fingerprint density at radius 2 is 0.870 bits per heavy atom. The number of esters is 2. The molecule has 4 atom stereocenters. The summed E-state index contributed by atoms with van der Waals surface area (Å²) in [6, 6.07) is -0.422. The molecule has 2 N–H and O–H groups in total. The van der Waals surface area contributed by atoms with Crippen molar-refractivity contribution in [3.8, 4) is 0 Å². The molecule has 258 valence electrons. The Balaban J connectivity index is 3.92. The summed E-state index contributed by atoms with van der Waals surface area (Å²) in [6.07, 6.45) is 36.4. The maximum Gasteiger partial charge on any atom is 0.302 e. The topological polar surface area (TPSA) is 111 Å². The fourth-order valence-corrected chi connectivity index (χ4v) is 4.68. The predicted octanol–water partition coefficient (Wildman–Crippen LogP) is 7.92. The zero-order chi connectivity index (χ0) is 34.4. The summed E-state index contributed by atoms with van der Waals surface area (Å²) in [5.41, 5.74) is 0. The average Bonchev–Trinajstić information content (AvgIpc) is 2.96. The molecule has 0 aliphatic carbocycles. The van der Waals surface area contributed by atoms with Crippen LogP contribution in [0.5, 0.6) is 0 Å². The molecule has 0 aromatic rings. The molecule has 0 radical (unpaired) electrons. The molecular weight excluding hydrogens is 580 g/mol. The van der Waals surface area contributed by atoms with Crippen LogP contribution in [0.2, 0.25) is 0 Å². The average molecular weight is 641 g/mol. The van der Waals surface area contributed by atoms with E-state index in [-0.39, 0.29) is 48.0 Å². The van der Waals surface area contributed by atoms with Gasteiger partial charge < -0.3 is 20.1 Å². The first kappa shape index (κ1) is 42.3. The van der Waals surface area contributed by atoms with Crippen LogP contribution in [0.15, 0.2) is 72.9 Å². The molecule has 0 bridgehead atoms. The molecule has 0 aromatic carbocycles. The van der Waals surface area contributed by atoms with Crippen molar-refractivity contribution >= 4 is 23.8 Å². The van der Waals surface area contributed by atoms with Crippen LogP contribution >= 0.6 is 0 Å². The Labute approximate surface area is 278 Å². The van der Waals surface area contributed by atoms with Crippen molar-refractivity contribution in [2.45, 2.75) is 143 Å². The van der Waals surface area contributed by atoms with E-state index < -0.39 is 0 Å². The van der Waals surface area contributed by atoms with Gasteiger partial charge in [0.15, 0.2) is 0 Å². The van der Waals surface area contributed by atoms with Gasteiger partial charge in [0.1, 0.15) is 12.2 Å². The van der Waals surface area contributed by atoms with Gasteiger partial charge in [-0.25, -0.2) is 0 Å². The van der Waals surface area contributed by atoms with Crippen molar-refractivity contribution in [1.29, 1.82) is 0 Å². The van der Waals surface area contributed by atoms with E-state index in [1.165, 1.54) is 27.7 Å². The van der Waals surface area contributed by atoms with Gasteiger partial charge in [0.25, 0.3) is 0 Å². The molecule has 8 nitrogen and oxygen atoms in total. The fraction of sp³-hybridized carbons (Fsp3) is 0.579. The Morgan fingerprint density at radius 1 is 0.500 bits per heavy atom. The van der Waals surface area contributed by atoms with Gasteiger partial charge in [0.05, 0.1) is 12.1 Å². The van der Waals surface area contributed by atoms with Crippen molar-refractivity contribution in [3.05, 3.63) is 72.9 Å². The van der Waals surface area contributed by atoms with Gasteiger partial charge in [-0.15, -0.1) is 0 Å². The van der Waals surface area contributed by atoms with Crippen LogP contribution in [0.1, 0.15) is 119 Å². The number of hydrogen-bond donors (Lipinski definition) is 2. The van der Waals surface area contributed by atoms with Crippen LogP contribution in [0.4, 0.5) is 0 Å². The second kappa shape index (κ2) is 28.8. The van der Waals surface area contributed by atoms with E-state index >= 15 is 0 Å². The van der Waals surface area contributed by atoms with E-state index in [1.54, 1.807) is 0 Å². The molecule has 0 rings (SSSR count). The van der Waals surface area contributed by atoms with Crippen molar-refractivity contribution < 1.29 is 28.7 Å². The van der Waals surface area contributed by atoms with Gasteiger partial charge in [-0.05, 0) is 71.6 Å². The highest BCUT2D eigenvalue weighted by Gasteiger charge is 2.21. The lowest BCUT2D eigenvalue weighted by Gasteiger charge is -2.24. The van der Waals surface area contributed by atoms with E-state index in [0.717, 1.165) is 70.6 Å². The molecule has 0 saturated carbocycles. The molecule has 0 fully saturated rings. The molecule has 46 heavy (non-hydrogen) atoms. The summed E-state index contributed by atoms with van der Waals surface area (Å²) in [4.78, 5) is 45.2. The van der Waals surface area contributed by atoms with E-state index in [2.05, 4.69) is 71.4 Å². The van der Waals surface area contributed by atoms with Crippen LogP contribution in [0, 0.1) is 0 Å². The van der Waals surface area contributed by atoms with Gasteiger partial charge in [-0.2, -0.15) is 0 Å². The minimum absolute atomic E-state index is 0.114. The number of unbranched alkanes of at least 4 members (excludes halogenated alkanes) is 4. The molecule has 0 aliphatic heterocycles. The van der Waals surface area contributed by atoms with E-state index in [9.17, 15) is 19.2 Å². The summed E-state index contributed by atoms with van der Waals surface area (Å²) < 4.78 is 10.7. The van der Waals surface area contributed by atoms with Crippen molar-refractivity contribution in [2.75, 3.05) is 0 Å². The van der Waals surface area contributed by atoms with Crippen LogP contribution in [-0.2, 0) is 28.7 Å². The third kappa shape index (κ3) is 27.8. The van der Waals surface area contributed by atoms with Crippen LogP contribution in [0.3, 0.4) is 0 Å². The molecule has 2 amide bonds. The maximum absolute atomic E-state index is 11.4. The highest BCUT2D eigenvalue weighted by Crippen LogP contribution is 2.13. The maximum atomic E-state index is 11.4. The fourth-order valence-electron chi connectivity index (χ4n) is 4.68. The Kier molecular flexibility index (Phi) is 26.5. The van der Waals surface area contributed by atoms with E-state index in [4.69, 9.17) is 9.47 Å². The smallest absolute Gasteiger partial charge is 0.302 e. The lowest BCUT2D eigenvalue weighted by Crippen LogP contribution is -2.42. The third-order valence-corrected chi connectivity index (χ3v) is 6.95. The molecule has 8 heteroatoms. The van der Waals surface area contributed by atoms with Crippen molar-refractivity contribution in [2.24, 2.45) is 0 Å². The first-order valence-corrected chi connectivity index (χ1v) is 16.8. The van der Waals surface area contributed by atoms with Crippen molar-refractivity contribution in [3.63, 3.8) is 0 Å². The number of ether oxygens (including phenoxy) is 2. The predicted molar refractivity (Wildman–Crippen MR) is 188 cm³/mol. The normalized spacial score (nSPS) is 14.8. The Bertz CT molecular complexity index is 1040. The summed E-state index contributed by atoms with van der Waals surface area (Å²) in [6.45, 7) is 9.42. The van der Waals surface area contributed by atoms with E-state index in [0.29, 0.717) is 6.42 Å². The number of carbonyl (C=O) groups excluding carboxylic acids is 4. The van der Waals surface area contributed by atoms with Gasteiger partial charge >= 0.3 is 11.9 Å². The monoisotopic (exact) mass is 640 g/mol. The van der Waals surface area contributed by atoms with Gasteiger partial charge in [0, 0.05) is 34.1 Å². The minimum Gasteiger partial charge on any atom is -0.460 e. The van der Waals surface area contributed by atoms with Gasteiger partial charge in [-0.3, -0.25) is 19.2 Å². The lowest BCUT2D eigenvalue weighted by atomic mass is 10.0. The van der Waals surface area contributed by atoms with Gasteiger partial charge in [-0.1, -0.05) is 85.8 Å². The lowest BCUT2D eigenvalue weighted by molar-refractivity contribution is -0.149. The zero-order valence-electron chi connectivity index (χ0n) is 29.2. The Hall–Kier alpha value is -3.68. The largest absolute Gasteiger partial charge is 0.460 e. The molecule has 0 saturated heterocycles. The molecule has 0 aromatic heterocycles. The number of allylic oxidation sites excluding steroid dienone is 11. The minimum atomic E-state index is -0.376. The molecule has 0 unspecified atom stereocenters. The molecule has 0 heterocycles. The third-order valence-electron chi connectivity index (χ3n) is 6.95. The first-order chi connectivity index (χ1) is 22.0. The molecule has 0 spiro atoms. The standard InChI is InChI=1S/C38H60N2O6/c1-31(39-33(3)41)37(45-35(5)43)29-27-25-23-21-19-17-15-13-11-9-7-8-10-12-14-16-18-20-22-24-26-28-30-38(46-36(6)44)32(2)40-34(4)42/h7,9-10,12-13,15-16,18-19,21,25,27,31-32,37-38H,8,11,14,17,20,22-24,26,28-30H2,1-6H3,(H,39,41)(H,40,42)/b9-7-,12-10-,15-13-,18-16-,21-19-,27-25-/t31-,32-,37+,38+/m1/s1. The quantitative estimate of drug-likeness (QED) is 0.0596. The zero-order valence-corrected chi connectivity index (χ0v) is 29.2. The number of rotatable bonds is 25. The highest BCUT2D eigenvalue weighted by atomic mass is 16.5. The van der Waals surface area contributed by atoms with Crippen LogP contribution in [0.25, 0.3) is 0 Å². The second-order valence-electron chi connectivity index (χ2n) is 11.5. The number of amides is 2. The summed E-state index contributed by atoms with van der Waals surface area (Å²) >= 11 is 0. The summed E-state index contributed by atoms with van der Waals surface area (Å²) in [7, 11) is 0. The molecule has 0 aliphatic rings. The number of hydrogen-bond acceptors (Lipinski definition) is 6. The summed E-state index contributed by atoms with van der Waals surface area (Å²) in [5.74, 6) is -0.919. The van der Waals surface area contributed by atoms with Crippen molar-refractivity contribution in [1.82, 2.24) is 10.6 Å². The van der Waals surface area contributed by atoms with E-state index in [1.807, 2.05) is 26.0 Å². The highest BCUT2D eigenvalue weighted by molar-refractivity contribution is 5.73. The van der Waals surface area contributed by atoms with Gasteiger partial charge in [0.2, 0.25) is 11.8 Å². The summed E-state index contributed by atoms with van der Waals surface area (Å²) in [5, 5.41) is 5.60. The second-order valence-corrected chi connectivity index (χ2v) is 11.5. The molecular formula is C38H60N2O6. The number of nitrogens with one attached hydrogen (secondary N) is 2.